The van der Waals surface area contributed by atoms with Gasteiger partial charge in [0.15, 0.2) is 0 Å². The number of esters is 1. The normalized spacial score (nSPS) is 9.75. The van der Waals surface area contributed by atoms with Crippen LogP contribution in [0.3, 0.4) is 0 Å². The summed E-state index contributed by atoms with van der Waals surface area (Å²) < 4.78 is 4.43. The fourth-order valence-electron chi connectivity index (χ4n) is 1.29. The molecule has 0 aliphatic heterocycles. The number of carbonyl (C=O) groups excluding carboxylic acids is 2. The predicted molar refractivity (Wildman–Crippen MR) is 72.1 cm³/mol. The molecule has 20 heavy (non-hydrogen) atoms. The standard InChI is InChI=1S/C12H13ClN2O5/c1-15(6-10(16)20-2)12(19)14-9-5-7(11(17)18)3-4-8(9)13/h3-5H,6H2,1-2H3,(H,14,19)(H,17,18). The Kier molecular flexibility index (Phi) is 5.33. The maximum absolute atomic E-state index is 11.8. The van der Waals surface area contributed by atoms with Gasteiger partial charge in [-0.3, -0.25) is 4.79 Å². The van der Waals surface area contributed by atoms with Crippen molar-refractivity contribution in [3.05, 3.63) is 28.8 Å². The van der Waals surface area contributed by atoms with Crippen LogP contribution in [0, 0.1) is 0 Å². The minimum Gasteiger partial charge on any atom is -0.478 e. The van der Waals surface area contributed by atoms with Crippen LogP contribution in [0.5, 0.6) is 0 Å². The zero-order chi connectivity index (χ0) is 15.3. The van der Waals surface area contributed by atoms with E-state index in [0.29, 0.717) is 0 Å². The number of nitrogens with zero attached hydrogens (tertiary/aromatic N) is 1. The molecule has 0 spiro atoms. The highest BCUT2D eigenvalue weighted by atomic mass is 35.5. The molecule has 8 heteroatoms. The van der Waals surface area contributed by atoms with E-state index < -0.39 is 18.0 Å². The number of amides is 2. The molecule has 1 aromatic rings. The zero-order valence-electron chi connectivity index (χ0n) is 10.8. The van der Waals surface area contributed by atoms with Crippen molar-refractivity contribution in [1.82, 2.24) is 4.90 Å². The van der Waals surface area contributed by atoms with Crippen LogP contribution in [0.4, 0.5) is 10.5 Å². The van der Waals surface area contributed by atoms with E-state index in [1.54, 1.807) is 0 Å². The molecular weight excluding hydrogens is 288 g/mol. The molecule has 0 fully saturated rings. The van der Waals surface area contributed by atoms with Crippen LogP contribution in [-0.2, 0) is 9.53 Å². The number of anilines is 1. The number of halogens is 1. The number of carbonyl (C=O) groups is 3. The van der Waals surface area contributed by atoms with Gasteiger partial charge in [0.25, 0.3) is 0 Å². The van der Waals surface area contributed by atoms with E-state index in [9.17, 15) is 14.4 Å². The van der Waals surface area contributed by atoms with Crippen molar-refractivity contribution in [3.8, 4) is 0 Å². The Morgan fingerprint density at radius 3 is 2.60 bits per heavy atom. The third-order valence-electron chi connectivity index (χ3n) is 2.40. The topological polar surface area (TPSA) is 95.9 Å². The van der Waals surface area contributed by atoms with Gasteiger partial charge in [-0.1, -0.05) is 11.6 Å². The largest absolute Gasteiger partial charge is 0.478 e. The van der Waals surface area contributed by atoms with Crippen LogP contribution in [-0.4, -0.2) is 48.7 Å². The fraction of sp³-hybridized carbons (Fsp3) is 0.250. The lowest BCUT2D eigenvalue weighted by Gasteiger charge is -2.17. The molecule has 0 bridgehead atoms. The van der Waals surface area contributed by atoms with E-state index in [-0.39, 0.29) is 22.8 Å². The van der Waals surface area contributed by atoms with Crippen LogP contribution >= 0.6 is 11.6 Å². The van der Waals surface area contributed by atoms with E-state index in [2.05, 4.69) is 10.1 Å². The Balaban J connectivity index is 2.82. The summed E-state index contributed by atoms with van der Waals surface area (Å²) in [5, 5.41) is 11.5. The second-order valence-corrected chi connectivity index (χ2v) is 4.27. The molecule has 2 N–H and O–H groups in total. The van der Waals surface area contributed by atoms with E-state index in [1.807, 2.05) is 0 Å². The third-order valence-corrected chi connectivity index (χ3v) is 2.73. The van der Waals surface area contributed by atoms with Crippen molar-refractivity contribution in [2.45, 2.75) is 0 Å². The van der Waals surface area contributed by atoms with Crippen molar-refractivity contribution in [2.75, 3.05) is 26.0 Å². The maximum Gasteiger partial charge on any atom is 0.335 e. The van der Waals surface area contributed by atoms with Crippen LogP contribution in [0.1, 0.15) is 10.4 Å². The Morgan fingerprint density at radius 2 is 2.05 bits per heavy atom. The van der Waals surface area contributed by atoms with Crippen molar-refractivity contribution < 1.29 is 24.2 Å². The lowest BCUT2D eigenvalue weighted by Crippen LogP contribution is -2.36. The quantitative estimate of drug-likeness (QED) is 0.825. The SMILES string of the molecule is COC(=O)CN(C)C(=O)Nc1cc(C(=O)O)ccc1Cl. The molecule has 0 aromatic heterocycles. The van der Waals surface area contributed by atoms with Gasteiger partial charge in [0.1, 0.15) is 6.54 Å². The number of carboxylic acid groups (broad SMARTS) is 1. The predicted octanol–water partition coefficient (Wildman–Crippen LogP) is 1.67. The number of likely N-dealkylation sites (N-methyl/N-ethyl adjacent to an activating group) is 1. The molecule has 2 amide bonds. The van der Waals surface area contributed by atoms with Crippen LogP contribution in [0.15, 0.2) is 18.2 Å². The average molecular weight is 301 g/mol. The highest BCUT2D eigenvalue weighted by molar-refractivity contribution is 6.33. The Morgan fingerprint density at radius 1 is 1.40 bits per heavy atom. The molecule has 7 nitrogen and oxygen atoms in total. The molecule has 0 heterocycles. The number of urea groups is 1. The van der Waals surface area contributed by atoms with Crippen molar-refractivity contribution >= 4 is 35.3 Å². The molecule has 1 rings (SSSR count). The first kappa shape index (κ1) is 15.8. The van der Waals surface area contributed by atoms with Crippen LogP contribution in [0.25, 0.3) is 0 Å². The van der Waals surface area contributed by atoms with Gasteiger partial charge in [-0.25, -0.2) is 9.59 Å². The number of hydrogen-bond acceptors (Lipinski definition) is 4. The summed E-state index contributed by atoms with van der Waals surface area (Å²) in [4.78, 5) is 34.8. The first-order valence-corrected chi connectivity index (χ1v) is 5.84. The van der Waals surface area contributed by atoms with Crippen molar-refractivity contribution in [2.24, 2.45) is 0 Å². The molecule has 1 aromatic carbocycles. The van der Waals surface area contributed by atoms with E-state index >= 15 is 0 Å². The summed E-state index contributed by atoms with van der Waals surface area (Å²) in [5.74, 6) is -1.71. The van der Waals surface area contributed by atoms with E-state index in [4.69, 9.17) is 16.7 Å². The van der Waals surface area contributed by atoms with Gasteiger partial charge in [-0.05, 0) is 18.2 Å². The number of nitrogens with one attached hydrogen (secondary N) is 1. The van der Waals surface area contributed by atoms with Gasteiger partial charge in [-0.15, -0.1) is 0 Å². The summed E-state index contributed by atoms with van der Waals surface area (Å²) in [5.41, 5.74) is 0.133. The second kappa shape index (κ2) is 6.76. The minimum atomic E-state index is -1.14. The monoisotopic (exact) mass is 300 g/mol. The third kappa shape index (κ3) is 4.13. The van der Waals surface area contributed by atoms with Gasteiger partial charge in [0.2, 0.25) is 0 Å². The Hall–Kier alpha value is -2.28. The number of methoxy groups -OCH3 is 1. The summed E-state index contributed by atoms with van der Waals surface area (Å²) in [7, 11) is 2.60. The lowest BCUT2D eigenvalue weighted by molar-refractivity contribution is -0.140. The first-order chi connectivity index (χ1) is 9.35. The number of hydrogen-bond donors (Lipinski definition) is 2. The van der Waals surface area contributed by atoms with Gasteiger partial charge in [0.05, 0.1) is 23.4 Å². The summed E-state index contributed by atoms with van der Waals surface area (Å²) in [6.07, 6.45) is 0. The molecule has 0 radical (unpaired) electrons. The van der Waals surface area contributed by atoms with E-state index in [0.717, 1.165) is 4.90 Å². The molecule has 0 atom stereocenters. The van der Waals surface area contributed by atoms with E-state index in [1.165, 1.54) is 32.4 Å². The molecule has 0 saturated heterocycles. The number of ether oxygens (including phenoxy) is 1. The number of benzene rings is 1. The minimum absolute atomic E-state index is 0.0136. The maximum atomic E-state index is 11.8. The molecule has 108 valence electrons. The molecule has 0 aliphatic rings. The van der Waals surface area contributed by atoms with Crippen LogP contribution in [0.2, 0.25) is 5.02 Å². The number of carboxylic acids is 1. The van der Waals surface area contributed by atoms with Crippen LogP contribution < -0.4 is 5.32 Å². The number of rotatable bonds is 4. The second-order valence-electron chi connectivity index (χ2n) is 3.86. The number of aromatic carboxylic acids is 1. The first-order valence-electron chi connectivity index (χ1n) is 5.47. The lowest BCUT2D eigenvalue weighted by atomic mass is 10.2. The van der Waals surface area contributed by atoms with Gasteiger partial charge in [0, 0.05) is 7.05 Å². The fourth-order valence-corrected chi connectivity index (χ4v) is 1.46. The summed E-state index contributed by atoms with van der Waals surface area (Å²) in [6, 6.07) is 3.30. The van der Waals surface area contributed by atoms with Gasteiger partial charge >= 0.3 is 18.0 Å². The Bertz CT molecular complexity index is 547. The summed E-state index contributed by atoms with van der Waals surface area (Å²) >= 11 is 5.86. The molecule has 0 aliphatic carbocycles. The summed E-state index contributed by atoms with van der Waals surface area (Å²) in [6.45, 7) is -0.238. The van der Waals surface area contributed by atoms with Crippen molar-refractivity contribution in [1.29, 1.82) is 0 Å². The molecule has 0 saturated carbocycles. The highest BCUT2D eigenvalue weighted by Gasteiger charge is 2.15. The molecule has 0 unspecified atom stereocenters. The van der Waals surface area contributed by atoms with Gasteiger partial charge < -0.3 is 20.1 Å². The van der Waals surface area contributed by atoms with Gasteiger partial charge in [-0.2, -0.15) is 0 Å². The van der Waals surface area contributed by atoms with Crippen molar-refractivity contribution in [3.63, 3.8) is 0 Å². The highest BCUT2D eigenvalue weighted by Crippen LogP contribution is 2.23. The molecular formula is C12H13ClN2O5. The smallest absolute Gasteiger partial charge is 0.335 e. The zero-order valence-corrected chi connectivity index (χ0v) is 11.6. The average Bonchev–Trinajstić information content (AvgIpc) is 2.40. The Labute approximate surface area is 120 Å².